The van der Waals surface area contributed by atoms with Crippen LogP contribution in [-0.4, -0.2) is 35.8 Å². The lowest BCUT2D eigenvalue weighted by Crippen LogP contribution is -2.48. The van der Waals surface area contributed by atoms with Crippen molar-refractivity contribution in [3.05, 3.63) is 53.6 Å². The third kappa shape index (κ3) is 2.83. The van der Waals surface area contributed by atoms with Gasteiger partial charge in [0.05, 0.1) is 18.2 Å². The van der Waals surface area contributed by atoms with E-state index in [9.17, 15) is 14.4 Å². The highest BCUT2D eigenvalue weighted by atomic mass is 16.5. The Hall–Kier alpha value is -3.15. The summed E-state index contributed by atoms with van der Waals surface area (Å²) in [6.45, 7) is 3.54. The van der Waals surface area contributed by atoms with E-state index in [1.165, 1.54) is 7.11 Å². The van der Waals surface area contributed by atoms with Crippen molar-refractivity contribution in [1.82, 2.24) is 4.90 Å². The lowest BCUT2D eigenvalue weighted by molar-refractivity contribution is -0.146. The number of hydrogen-bond donors (Lipinski definition) is 1. The summed E-state index contributed by atoms with van der Waals surface area (Å²) < 4.78 is 4.79. The van der Waals surface area contributed by atoms with E-state index in [0.717, 1.165) is 16.0 Å². The zero-order chi connectivity index (χ0) is 19.0. The molecule has 1 aliphatic heterocycles. The summed E-state index contributed by atoms with van der Waals surface area (Å²) in [6.07, 6.45) is 0. The Labute approximate surface area is 151 Å². The van der Waals surface area contributed by atoms with Gasteiger partial charge in [0.25, 0.3) is 11.8 Å². The van der Waals surface area contributed by atoms with Gasteiger partial charge < -0.3 is 10.5 Å². The highest BCUT2D eigenvalue weighted by Crippen LogP contribution is 2.31. The number of nitrogens with zero attached hydrogens (tertiary/aromatic N) is 1. The predicted octanol–water partition coefficient (Wildman–Crippen LogP) is 2.73. The van der Waals surface area contributed by atoms with Crippen molar-refractivity contribution in [2.45, 2.75) is 19.9 Å². The van der Waals surface area contributed by atoms with Crippen molar-refractivity contribution in [1.29, 1.82) is 0 Å². The molecule has 0 aliphatic carbocycles. The molecule has 3 rings (SSSR count). The monoisotopic (exact) mass is 352 g/mol. The maximum Gasteiger partial charge on any atom is 0.329 e. The summed E-state index contributed by atoms with van der Waals surface area (Å²) in [7, 11) is 1.25. The highest BCUT2D eigenvalue weighted by Gasteiger charge is 2.44. The van der Waals surface area contributed by atoms with Crippen molar-refractivity contribution >= 4 is 23.5 Å². The third-order valence-corrected chi connectivity index (χ3v) is 4.51. The van der Waals surface area contributed by atoms with Gasteiger partial charge in [0.1, 0.15) is 6.04 Å². The van der Waals surface area contributed by atoms with Crippen LogP contribution in [0.25, 0.3) is 11.1 Å². The smallest absolute Gasteiger partial charge is 0.329 e. The average molecular weight is 352 g/mol. The van der Waals surface area contributed by atoms with Crippen molar-refractivity contribution < 1.29 is 19.1 Å². The standard InChI is InChI=1S/C20H20N2O4/c1-11(2)17(20(25)26-3)22-18(23)15-9-6-13(10-16(15)19(22)24)12-4-7-14(21)8-5-12/h4-11,17H,21H2,1-3H3. The lowest BCUT2D eigenvalue weighted by Gasteiger charge is -2.26. The van der Waals surface area contributed by atoms with Gasteiger partial charge in [-0.1, -0.05) is 32.0 Å². The molecule has 6 nitrogen and oxygen atoms in total. The van der Waals surface area contributed by atoms with Crippen LogP contribution in [0.1, 0.15) is 34.6 Å². The van der Waals surface area contributed by atoms with Gasteiger partial charge in [0, 0.05) is 5.69 Å². The number of rotatable bonds is 4. The first-order valence-corrected chi connectivity index (χ1v) is 8.30. The number of nitrogen functional groups attached to an aromatic ring is 1. The minimum Gasteiger partial charge on any atom is -0.467 e. The number of amides is 2. The molecule has 2 aromatic carbocycles. The molecule has 26 heavy (non-hydrogen) atoms. The molecule has 6 heteroatoms. The summed E-state index contributed by atoms with van der Waals surface area (Å²) in [5, 5.41) is 0. The van der Waals surface area contributed by atoms with Crippen LogP contribution in [0.5, 0.6) is 0 Å². The molecule has 0 aromatic heterocycles. The van der Waals surface area contributed by atoms with Gasteiger partial charge in [-0.2, -0.15) is 0 Å². The first-order chi connectivity index (χ1) is 12.3. The number of esters is 1. The van der Waals surface area contributed by atoms with E-state index in [1.807, 2.05) is 12.1 Å². The van der Waals surface area contributed by atoms with Crippen molar-refractivity contribution in [3.8, 4) is 11.1 Å². The summed E-state index contributed by atoms with van der Waals surface area (Å²) >= 11 is 0. The lowest BCUT2D eigenvalue weighted by atomic mass is 10.00. The second kappa shape index (κ2) is 6.63. The molecule has 0 radical (unpaired) electrons. The average Bonchev–Trinajstić information content (AvgIpc) is 2.87. The number of carbonyl (C=O) groups excluding carboxylic acids is 3. The molecule has 0 saturated heterocycles. The van der Waals surface area contributed by atoms with Crippen LogP contribution in [0.4, 0.5) is 5.69 Å². The van der Waals surface area contributed by atoms with Crippen LogP contribution in [-0.2, 0) is 9.53 Å². The second-order valence-electron chi connectivity index (χ2n) is 6.57. The molecule has 1 aliphatic rings. The number of carbonyl (C=O) groups is 3. The molecule has 2 aromatic rings. The zero-order valence-corrected chi connectivity index (χ0v) is 14.9. The molecule has 0 saturated carbocycles. The number of nitrogens with two attached hydrogens (primary N) is 1. The molecule has 0 spiro atoms. The molecule has 1 heterocycles. The first-order valence-electron chi connectivity index (χ1n) is 8.30. The number of imide groups is 1. The molecule has 134 valence electrons. The van der Waals surface area contributed by atoms with E-state index in [0.29, 0.717) is 16.8 Å². The molecular formula is C20H20N2O4. The Balaban J connectivity index is 2.02. The Morgan fingerprint density at radius 2 is 1.54 bits per heavy atom. The van der Waals surface area contributed by atoms with Gasteiger partial charge in [-0.15, -0.1) is 0 Å². The highest BCUT2D eigenvalue weighted by molar-refractivity contribution is 6.23. The Morgan fingerprint density at radius 1 is 0.962 bits per heavy atom. The van der Waals surface area contributed by atoms with E-state index in [1.54, 1.807) is 44.2 Å². The van der Waals surface area contributed by atoms with Crippen LogP contribution >= 0.6 is 0 Å². The summed E-state index contributed by atoms with van der Waals surface area (Å²) in [6, 6.07) is 11.4. The molecule has 1 atom stereocenters. The van der Waals surface area contributed by atoms with Crippen molar-refractivity contribution in [2.75, 3.05) is 12.8 Å². The summed E-state index contributed by atoms with van der Waals surface area (Å²) in [4.78, 5) is 38.8. The predicted molar refractivity (Wildman–Crippen MR) is 97.4 cm³/mol. The maximum absolute atomic E-state index is 12.9. The van der Waals surface area contributed by atoms with Crippen LogP contribution in [0.2, 0.25) is 0 Å². The van der Waals surface area contributed by atoms with Crippen LogP contribution in [0.3, 0.4) is 0 Å². The molecule has 1 unspecified atom stereocenters. The van der Waals surface area contributed by atoms with Crippen LogP contribution in [0.15, 0.2) is 42.5 Å². The second-order valence-corrected chi connectivity index (χ2v) is 6.57. The van der Waals surface area contributed by atoms with E-state index >= 15 is 0 Å². The SMILES string of the molecule is COC(=O)C(C(C)C)N1C(=O)c2ccc(-c3ccc(N)cc3)cc2C1=O. The maximum atomic E-state index is 12.9. The Morgan fingerprint density at radius 3 is 2.12 bits per heavy atom. The Kier molecular flexibility index (Phi) is 4.50. The van der Waals surface area contributed by atoms with E-state index in [2.05, 4.69) is 0 Å². The molecular weight excluding hydrogens is 332 g/mol. The van der Waals surface area contributed by atoms with Gasteiger partial charge in [0.2, 0.25) is 0 Å². The van der Waals surface area contributed by atoms with Crippen molar-refractivity contribution in [2.24, 2.45) is 5.92 Å². The number of methoxy groups -OCH3 is 1. The quantitative estimate of drug-likeness (QED) is 0.519. The fraction of sp³-hybridized carbons (Fsp3) is 0.250. The zero-order valence-electron chi connectivity index (χ0n) is 14.9. The number of fused-ring (bicyclic) bond motifs is 1. The van der Waals surface area contributed by atoms with Gasteiger partial charge in [-0.05, 0) is 41.3 Å². The minimum absolute atomic E-state index is 0.263. The van der Waals surface area contributed by atoms with Gasteiger partial charge in [0.15, 0.2) is 0 Å². The normalized spacial score (nSPS) is 14.5. The molecule has 0 fully saturated rings. The number of benzene rings is 2. The van der Waals surface area contributed by atoms with Gasteiger partial charge in [-0.25, -0.2) is 4.79 Å². The van der Waals surface area contributed by atoms with Crippen LogP contribution in [0, 0.1) is 5.92 Å². The number of hydrogen-bond acceptors (Lipinski definition) is 5. The molecule has 2 amide bonds. The Bertz CT molecular complexity index is 887. The fourth-order valence-electron chi connectivity index (χ4n) is 3.16. The van der Waals surface area contributed by atoms with Crippen LogP contribution < -0.4 is 5.73 Å². The molecule has 2 N–H and O–H groups in total. The van der Waals surface area contributed by atoms with E-state index in [4.69, 9.17) is 10.5 Å². The van der Waals surface area contributed by atoms with Gasteiger partial charge in [-0.3, -0.25) is 14.5 Å². The summed E-state index contributed by atoms with van der Waals surface area (Å²) in [5.41, 5.74) is 8.62. The fourth-order valence-corrected chi connectivity index (χ4v) is 3.16. The van der Waals surface area contributed by atoms with Crippen molar-refractivity contribution in [3.63, 3.8) is 0 Å². The number of ether oxygens (including phenoxy) is 1. The number of anilines is 1. The minimum atomic E-state index is -0.952. The van der Waals surface area contributed by atoms with E-state index in [-0.39, 0.29) is 5.92 Å². The third-order valence-electron chi connectivity index (χ3n) is 4.51. The van der Waals surface area contributed by atoms with Gasteiger partial charge >= 0.3 is 5.97 Å². The molecule has 0 bridgehead atoms. The largest absolute Gasteiger partial charge is 0.467 e. The summed E-state index contributed by atoms with van der Waals surface area (Å²) in [5.74, 6) is -1.82. The van der Waals surface area contributed by atoms with E-state index < -0.39 is 23.8 Å². The first kappa shape index (κ1) is 17.7. The topological polar surface area (TPSA) is 89.7 Å².